The normalized spacial score (nSPS) is 10.5. The van der Waals surface area contributed by atoms with Gasteiger partial charge in [-0.05, 0) is 72.5 Å². The quantitative estimate of drug-likeness (QED) is 0.267. The van der Waals surface area contributed by atoms with E-state index in [1.54, 1.807) is 0 Å². The Balaban J connectivity index is 1.19. The van der Waals surface area contributed by atoms with Gasteiger partial charge in [0.05, 0.1) is 0 Å². The molecular formula is C29H26O3. The lowest BCUT2D eigenvalue weighted by atomic mass is 10.0. The molecule has 0 atom stereocenters. The molecule has 0 saturated carbocycles. The molecule has 0 aromatic heterocycles. The smallest absolute Gasteiger partial charge is 0.133 e. The molecule has 3 nitrogen and oxygen atoms in total. The van der Waals surface area contributed by atoms with E-state index in [-0.39, 0.29) is 5.78 Å². The number of hydrogen-bond donors (Lipinski definition) is 0. The topological polar surface area (TPSA) is 35.5 Å². The van der Waals surface area contributed by atoms with E-state index >= 15 is 0 Å². The average molecular weight is 423 g/mol. The van der Waals surface area contributed by atoms with Crippen LogP contribution in [0.25, 0.3) is 0 Å². The fourth-order valence-corrected chi connectivity index (χ4v) is 3.39. The van der Waals surface area contributed by atoms with E-state index in [0.29, 0.717) is 12.8 Å². The highest BCUT2D eigenvalue weighted by molar-refractivity contribution is 5.78. The highest BCUT2D eigenvalue weighted by atomic mass is 16.5. The van der Waals surface area contributed by atoms with Crippen molar-refractivity contribution in [3.63, 3.8) is 0 Å². The van der Waals surface area contributed by atoms with E-state index in [0.717, 1.165) is 47.0 Å². The van der Waals surface area contributed by atoms with Crippen molar-refractivity contribution >= 4 is 5.78 Å². The van der Waals surface area contributed by atoms with E-state index in [4.69, 9.17) is 9.47 Å². The first-order chi connectivity index (χ1) is 15.7. The fraction of sp³-hybridized carbons (Fsp3) is 0.138. The standard InChI is InChI=1S/C29H26O3/c30-25(17-11-23-13-19-28(20-14-23)31-26-7-3-1-4-8-26)18-12-24-15-21-29(22-16-24)32-27-9-5-2-6-10-27/h1-10,13-16,19-22H,11-12,17-18H2. The molecule has 0 amide bonds. The van der Waals surface area contributed by atoms with Crippen LogP contribution in [-0.2, 0) is 17.6 Å². The van der Waals surface area contributed by atoms with E-state index in [1.807, 2.05) is 109 Å². The molecule has 0 radical (unpaired) electrons. The number of rotatable bonds is 10. The highest BCUT2D eigenvalue weighted by Crippen LogP contribution is 2.23. The summed E-state index contributed by atoms with van der Waals surface area (Å²) in [6.07, 6.45) is 2.59. The predicted molar refractivity (Wildman–Crippen MR) is 128 cm³/mol. The zero-order valence-electron chi connectivity index (χ0n) is 17.9. The second-order valence-corrected chi connectivity index (χ2v) is 7.66. The molecule has 0 saturated heterocycles. The van der Waals surface area contributed by atoms with Crippen LogP contribution in [0.2, 0.25) is 0 Å². The van der Waals surface area contributed by atoms with Crippen LogP contribution in [0.4, 0.5) is 0 Å². The molecule has 0 unspecified atom stereocenters. The Hall–Kier alpha value is -3.85. The lowest BCUT2D eigenvalue weighted by Crippen LogP contribution is -2.02. The summed E-state index contributed by atoms with van der Waals surface area (Å²) < 4.78 is 11.6. The summed E-state index contributed by atoms with van der Waals surface area (Å²) in [7, 11) is 0. The first-order valence-electron chi connectivity index (χ1n) is 10.9. The fourth-order valence-electron chi connectivity index (χ4n) is 3.39. The van der Waals surface area contributed by atoms with Gasteiger partial charge >= 0.3 is 0 Å². The van der Waals surface area contributed by atoms with Crippen LogP contribution in [0.1, 0.15) is 24.0 Å². The zero-order chi connectivity index (χ0) is 22.0. The number of carbonyl (C=O) groups is 1. The van der Waals surface area contributed by atoms with Gasteiger partial charge in [-0.2, -0.15) is 0 Å². The zero-order valence-corrected chi connectivity index (χ0v) is 17.9. The molecule has 0 spiro atoms. The summed E-state index contributed by atoms with van der Waals surface area (Å²) in [5.41, 5.74) is 2.28. The van der Waals surface area contributed by atoms with Gasteiger partial charge in [0.2, 0.25) is 0 Å². The van der Waals surface area contributed by atoms with Gasteiger partial charge in [-0.15, -0.1) is 0 Å². The molecule has 4 aromatic rings. The van der Waals surface area contributed by atoms with Crippen molar-refractivity contribution in [2.45, 2.75) is 25.7 Å². The van der Waals surface area contributed by atoms with Crippen molar-refractivity contribution in [1.29, 1.82) is 0 Å². The summed E-state index contributed by atoms with van der Waals surface area (Å²) in [5.74, 6) is 3.50. The van der Waals surface area contributed by atoms with Gasteiger partial charge in [0.15, 0.2) is 0 Å². The van der Waals surface area contributed by atoms with Gasteiger partial charge in [-0.1, -0.05) is 60.7 Å². The van der Waals surface area contributed by atoms with Gasteiger partial charge in [0.1, 0.15) is 28.8 Å². The lowest BCUT2D eigenvalue weighted by Gasteiger charge is -2.07. The van der Waals surface area contributed by atoms with Gasteiger partial charge in [-0.25, -0.2) is 0 Å². The number of ketones is 1. The maximum Gasteiger partial charge on any atom is 0.133 e. The Bertz CT molecular complexity index is 1010. The molecule has 0 N–H and O–H groups in total. The molecule has 32 heavy (non-hydrogen) atoms. The summed E-state index contributed by atoms with van der Waals surface area (Å²) in [6, 6.07) is 35.3. The first-order valence-corrected chi connectivity index (χ1v) is 10.9. The summed E-state index contributed by atoms with van der Waals surface area (Å²) in [4.78, 5) is 12.4. The van der Waals surface area contributed by atoms with Gasteiger partial charge in [0.25, 0.3) is 0 Å². The Morgan fingerprint density at radius 2 is 0.812 bits per heavy atom. The predicted octanol–water partition coefficient (Wildman–Crippen LogP) is 7.41. The van der Waals surface area contributed by atoms with Crippen molar-refractivity contribution in [1.82, 2.24) is 0 Å². The molecule has 0 fully saturated rings. The SMILES string of the molecule is O=C(CCc1ccc(Oc2ccccc2)cc1)CCc1ccc(Oc2ccccc2)cc1. The third kappa shape index (κ3) is 6.58. The molecule has 3 heteroatoms. The maximum absolute atomic E-state index is 12.4. The van der Waals surface area contributed by atoms with Gasteiger partial charge in [-0.3, -0.25) is 4.79 Å². The van der Waals surface area contributed by atoms with E-state index in [2.05, 4.69) is 0 Å². The molecule has 0 aliphatic rings. The molecule has 4 aromatic carbocycles. The minimum atomic E-state index is 0.277. The van der Waals surface area contributed by atoms with Crippen LogP contribution in [-0.4, -0.2) is 5.78 Å². The molecule has 0 bridgehead atoms. The summed E-state index contributed by atoms with van der Waals surface area (Å²) in [5, 5.41) is 0. The van der Waals surface area contributed by atoms with Crippen LogP contribution in [0, 0.1) is 0 Å². The third-order valence-corrected chi connectivity index (χ3v) is 5.19. The molecule has 0 aliphatic carbocycles. The number of para-hydroxylation sites is 2. The van der Waals surface area contributed by atoms with Crippen LogP contribution in [0.3, 0.4) is 0 Å². The second kappa shape index (κ2) is 11.0. The van der Waals surface area contributed by atoms with E-state index < -0.39 is 0 Å². The summed E-state index contributed by atoms with van der Waals surface area (Å²) in [6.45, 7) is 0. The Morgan fingerprint density at radius 1 is 0.469 bits per heavy atom. The Labute approximate surface area is 189 Å². The lowest BCUT2D eigenvalue weighted by molar-refractivity contribution is -0.119. The minimum Gasteiger partial charge on any atom is -0.457 e. The second-order valence-electron chi connectivity index (χ2n) is 7.66. The number of aryl methyl sites for hydroxylation is 2. The van der Waals surface area contributed by atoms with E-state index in [1.165, 1.54) is 0 Å². The van der Waals surface area contributed by atoms with Crippen LogP contribution < -0.4 is 9.47 Å². The number of benzene rings is 4. The van der Waals surface area contributed by atoms with Crippen molar-refractivity contribution < 1.29 is 14.3 Å². The van der Waals surface area contributed by atoms with Crippen LogP contribution >= 0.6 is 0 Å². The number of carbonyl (C=O) groups excluding carboxylic acids is 1. The summed E-state index contributed by atoms with van der Waals surface area (Å²) >= 11 is 0. The minimum absolute atomic E-state index is 0.277. The molecule has 0 heterocycles. The monoisotopic (exact) mass is 422 g/mol. The Kier molecular flexibility index (Phi) is 7.33. The van der Waals surface area contributed by atoms with Gasteiger partial charge in [0, 0.05) is 12.8 Å². The molecular weight excluding hydrogens is 396 g/mol. The van der Waals surface area contributed by atoms with Crippen molar-refractivity contribution in [2.24, 2.45) is 0 Å². The number of hydrogen-bond acceptors (Lipinski definition) is 3. The van der Waals surface area contributed by atoms with Crippen LogP contribution in [0.5, 0.6) is 23.0 Å². The maximum atomic E-state index is 12.4. The number of Topliss-reactive ketones (excluding diaryl/α,β-unsaturated/α-hetero) is 1. The third-order valence-electron chi connectivity index (χ3n) is 5.19. The first kappa shape index (κ1) is 21.4. The van der Waals surface area contributed by atoms with Crippen LogP contribution in [0.15, 0.2) is 109 Å². The Morgan fingerprint density at radius 3 is 1.19 bits per heavy atom. The molecule has 4 rings (SSSR count). The molecule has 160 valence electrons. The average Bonchev–Trinajstić information content (AvgIpc) is 2.84. The van der Waals surface area contributed by atoms with Crippen molar-refractivity contribution in [2.75, 3.05) is 0 Å². The van der Waals surface area contributed by atoms with Gasteiger partial charge < -0.3 is 9.47 Å². The van der Waals surface area contributed by atoms with Crippen molar-refractivity contribution in [3.8, 4) is 23.0 Å². The number of ether oxygens (including phenoxy) is 2. The largest absolute Gasteiger partial charge is 0.457 e. The van der Waals surface area contributed by atoms with E-state index in [9.17, 15) is 4.79 Å². The van der Waals surface area contributed by atoms with Crippen molar-refractivity contribution in [3.05, 3.63) is 120 Å². The highest BCUT2D eigenvalue weighted by Gasteiger charge is 2.05. The molecule has 0 aliphatic heterocycles.